The van der Waals surface area contributed by atoms with E-state index in [4.69, 9.17) is 9.15 Å². The molecule has 0 amide bonds. The molecule has 3 N–H and O–H groups in total. The van der Waals surface area contributed by atoms with E-state index in [0.29, 0.717) is 5.96 Å². The molecule has 0 fully saturated rings. The Morgan fingerprint density at radius 2 is 2.04 bits per heavy atom. The summed E-state index contributed by atoms with van der Waals surface area (Å²) in [6.45, 7) is 9.08. The van der Waals surface area contributed by atoms with Gasteiger partial charge in [0.15, 0.2) is 5.96 Å². The monoisotopic (exact) mass is 487 g/mol. The van der Waals surface area contributed by atoms with Gasteiger partial charge in [-0.05, 0) is 57.5 Å². The number of furan rings is 1. The summed E-state index contributed by atoms with van der Waals surface area (Å²) in [7, 11) is 0. The van der Waals surface area contributed by atoms with Crippen LogP contribution in [0.1, 0.15) is 37.0 Å². The third-order valence-corrected chi connectivity index (χ3v) is 3.78. The van der Waals surface area contributed by atoms with Crippen LogP contribution in [-0.2, 0) is 0 Å². The third-order valence-electron chi connectivity index (χ3n) is 3.78. The molecule has 0 saturated carbocycles. The van der Waals surface area contributed by atoms with E-state index in [1.54, 1.807) is 0 Å². The molecule has 0 saturated heterocycles. The van der Waals surface area contributed by atoms with Gasteiger partial charge in [0.1, 0.15) is 30.0 Å². The van der Waals surface area contributed by atoms with Crippen molar-refractivity contribution in [1.29, 1.82) is 0 Å². The third kappa shape index (κ3) is 8.21. The molecule has 2 rings (SSSR count). The highest BCUT2D eigenvalue weighted by molar-refractivity contribution is 14.0. The molecular weight excluding hydrogens is 457 g/mol. The number of aliphatic hydroxyl groups is 1. The smallest absolute Gasteiger partial charge is 0.191 e. The highest BCUT2D eigenvalue weighted by atomic mass is 127. The summed E-state index contributed by atoms with van der Waals surface area (Å²) in [6, 6.07) is 11.6. The first kappa shape index (κ1) is 23.3. The summed E-state index contributed by atoms with van der Waals surface area (Å²) < 4.78 is 11.3. The fourth-order valence-electron chi connectivity index (χ4n) is 2.43. The molecule has 2 aromatic rings. The van der Waals surface area contributed by atoms with Crippen molar-refractivity contribution in [1.82, 2.24) is 10.6 Å². The van der Waals surface area contributed by atoms with Crippen LogP contribution in [0.5, 0.6) is 5.75 Å². The summed E-state index contributed by atoms with van der Waals surface area (Å²) in [5.74, 6) is 3.10. The first-order valence-electron chi connectivity index (χ1n) is 8.96. The van der Waals surface area contributed by atoms with Gasteiger partial charge in [0.05, 0.1) is 12.6 Å². The lowest BCUT2D eigenvalue weighted by Gasteiger charge is -2.17. The molecule has 1 heterocycles. The van der Waals surface area contributed by atoms with E-state index in [1.807, 2.05) is 64.1 Å². The zero-order valence-corrected chi connectivity index (χ0v) is 18.7. The topological polar surface area (TPSA) is 79.0 Å². The van der Waals surface area contributed by atoms with Gasteiger partial charge in [0, 0.05) is 6.54 Å². The molecule has 2 unspecified atom stereocenters. The SMILES string of the molecule is CCNC(=NCC(O)COc1cccc(C)c1)NC(C)c1ccc(C)o1.I. The minimum atomic E-state index is -0.688. The number of ether oxygens (including phenoxy) is 1. The van der Waals surface area contributed by atoms with Crippen molar-refractivity contribution < 1.29 is 14.3 Å². The number of aliphatic hydroxyl groups excluding tert-OH is 1. The van der Waals surface area contributed by atoms with Crippen molar-refractivity contribution in [3.63, 3.8) is 0 Å². The van der Waals surface area contributed by atoms with Crippen LogP contribution < -0.4 is 15.4 Å². The molecule has 0 aliphatic heterocycles. The molecule has 0 aliphatic carbocycles. The quantitative estimate of drug-likeness (QED) is 0.302. The average Bonchev–Trinajstić information content (AvgIpc) is 3.05. The number of hydrogen-bond donors (Lipinski definition) is 3. The van der Waals surface area contributed by atoms with E-state index in [1.165, 1.54) is 0 Å². The Labute approximate surface area is 178 Å². The van der Waals surface area contributed by atoms with Gasteiger partial charge in [-0.3, -0.25) is 4.99 Å². The molecule has 1 aromatic carbocycles. The Balaban J connectivity index is 0.00000364. The number of nitrogens with zero attached hydrogens (tertiary/aromatic N) is 1. The highest BCUT2D eigenvalue weighted by Gasteiger charge is 2.12. The van der Waals surface area contributed by atoms with Gasteiger partial charge in [-0.2, -0.15) is 0 Å². The van der Waals surface area contributed by atoms with Crippen LogP contribution >= 0.6 is 24.0 Å². The Morgan fingerprint density at radius 3 is 2.67 bits per heavy atom. The molecule has 0 bridgehead atoms. The van der Waals surface area contributed by atoms with Gasteiger partial charge in [-0.25, -0.2) is 0 Å². The van der Waals surface area contributed by atoms with Gasteiger partial charge < -0.3 is 24.9 Å². The first-order valence-corrected chi connectivity index (χ1v) is 8.96. The van der Waals surface area contributed by atoms with Crippen molar-refractivity contribution in [2.75, 3.05) is 19.7 Å². The zero-order valence-electron chi connectivity index (χ0n) is 16.4. The molecule has 6 nitrogen and oxygen atoms in total. The Hall–Kier alpha value is -1.74. The minimum Gasteiger partial charge on any atom is -0.491 e. The number of aryl methyl sites for hydroxylation is 2. The summed E-state index contributed by atoms with van der Waals surface area (Å²) >= 11 is 0. The molecule has 1 aromatic heterocycles. The summed E-state index contributed by atoms with van der Waals surface area (Å²) in [5, 5.41) is 16.6. The normalized spacial score (nSPS) is 13.4. The molecule has 0 aliphatic rings. The van der Waals surface area contributed by atoms with Crippen LogP contribution in [0.25, 0.3) is 0 Å². The molecular formula is C20H30IN3O3. The second-order valence-corrected chi connectivity index (χ2v) is 6.32. The van der Waals surface area contributed by atoms with E-state index in [-0.39, 0.29) is 43.2 Å². The van der Waals surface area contributed by atoms with Gasteiger partial charge >= 0.3 is 0 Å². The Morgan fingerprint density at radius 1 is 1.26 bits per heavy atom. The molecule has 0 spiro atoms. The Bertz CT molecular complexity index is 718. The number of nitrogens with one attached hydrogen (secondary N) is 2. The number of aliphatic imine (C=N–C) groups is 1. The predicted molar refractivity (Wildman–Crippen MR) is 119 cm³/mol. The molecule has 7 heteroatoms. The predicted octanol–water partition coefficient (Wildman–Crippen LogP) is 3.57. The van der Waals surface area contributed by atoms with E-state index in [0.717, 1.165) is 29.4 Å². The second-order valence-electron chi connectivity index (χ2n) is 6.32. The summed E-state index contributed by atoms with van der Waals surface area (Å²) in [5.41, 5.74) is 1.12. The number of benzene rings is 1. The maximum Gasteiger partial charge on any atom is 0.191 e. The van der Waals surface area contributed by atoms with Gasteiger partial charge in [0.2, 0.25) is 0 Å². The van der Waals surface area contributed by atoms with Crippen LogP contribution in [0.3, 0.4) is 0 Å². The molecule has 27 heavy (non-hydrogen) atoms. The standard InChI is InChI=1S/C20H29N3O3.HI/c1-5-21-20(23-16(4)19-10-9-15(3)26-19)22-12-17(24)13-25-18-8-6-7-14(2)11-18;/h6-11,16-17,24H,5,12-13H2,1-4H3,(H2,21,22,23);1H. The molecule has 2 atom stereocenters. The van der Waals surface area contributed by atoms with Gasteiger partial charge in [0.25, 0.3) is 0 Å². The minimum absolute atomic E-state index is 0. The van der Waals surface area contributed by atoms with E-state index < -0.39 is 6.10 Å². The number of halogens is 1. The zero-order chi connectivity index (χ0) is 18.9. The van der Waals surface area contributed by atoms with Crippen molar-refractivity contribution in [2.45, 2.75) is 39.8 Å². The summed E-state index contributed by atoms with van der Waals surface area (Å²) in [4.78, 5) is 4.44. The van der Waals surface area contributed by atoms with Crippen LogP contribution in [0, 0.1) is 13.8 Å². The van der Waals surface area contributed by atoms with Crippen LogP contribution in [0.4, 0.5) is 0 Å². The maximum atomic E-state index is 10.1. The van der Waals surface area contributed by atoms with E-state index in [2.05, 4.69) is 15.6 Å². The van der Waals surface area contributed by atoms with Crippen molar-refractivity contribution >= 4 is 29.9 Å². The fourth-order valence-corrected chi connectivity index (χ4v) is 2.43. The van der Waals surface area contributed by atoms with Crippen LogP contribution in [-0.4, -0.2) is 36.9 Å². The van der Waals surface area contributed by atoms with E-state index in [9.17, 15) is 5.11 Å². The van der Waals surface area contributed by atoms with Crippen LogP contribution in [0.15, 0.2) is 45.8 Å². The second kappa shape index (κ2) is 11.9. The summed E-state index contributed by atoms with van der Waals surface area (Å²) in [6.07, 6.45) is -0.688. The number of hydrogen-bond acceptors (Lipinski definition) is 4. The fraction of sp³-hybridized carbons (Fsp3) is 0.450. The van der Waals surface area contributed by atoms with Crippen molar-refractivity contribution in [3.05, 3.63) is 53.5 Å². The van der Waals surface area contributed by atoms with Gasteiger partial charge in [-0.1, -0.05) is 12.1 Å². The lowest BCUT2D eigenvalue weighted by molar-refractivity contribution is 0.114. The first-order chi connectivity index (χ1) is 12.5. The molecule has 0 radical (unpaired) electrons. The number of rotatable bonds is 8. The number of guanidine groups is 1. The lowest BCUT2D eigenvalue weighted by Crippen LogP contribution is -2.39. The lowest BCUT2D eigenvalue weighted by atomic mass is 10.2. The van der Waals surface area contributed by atoms with Crippen LogP contribution in [0.2, 0.25) is 0 Å². The van der Waals surface area contributed by atoms with Crippen molar-refractivity contribution in [3.8, 4) is 5.75 Å². The molecule has 150 valence electrons. The maximum absolute atomic E-state index is 10.1. The van der Waals surface area contributed by atoms with Gasteiger partial charge in [-0.15, -0.1) is 24.0 Å². The Kier molecular flexibility index (Phi) is 10.2. The average molecular weight is 487 g/mol. The largest absolute Gasteiger partial charge is 0.491 e. The van der Waals surface area contributed by atoms with E-state index >= 15 is 0 Å². The highest BCUT2D eigenvalue weighted by Crippen LogP contribution is 2.15. The van der Waals surface area contributed by atoms with Crippen molar-refractivity contribution in [2.24, 2.45) is 4.99 Å².